The van der Waals surface area contributed by atoms with Crippen molar-refractivity contribution in [1.29, 1.82) is 0 Å². The number of rotatable bonds is 9. The molecule has 1 unspecified atom stereocenters. The van der Waals surface area contributed by atoms with Crippen LogP contribution in [0.25, 0.3) is 0 Å². The minimum Gasteiger partial charge on any atom is -0.326 e. The minimum absolute atomic E-state index is 0.000230. The Morgan fingerprint density at radius 1 is 0.878 bits per heavy atom. The zero-order valence-corrected chi connectivity index (χ0v) is 25.0. The summed E-state index contributed by atoms with van der Waals surface area (Å²) in [6.07, 6.45) is 1.36. The molecule has 0 aliphatic heterocycles. The molecule has 1 fully saturated rings. The third kappa shape index (κ3) is 6.89. The number of benzene rings is 3. The summed E-state index contributed by atoms with van der Waals surface area (Å²) < 4.78 is 27.9. The van der Waals surface area contributed by atoms with Gasteiger partial charge in [-0.3, -0.25) is 14.4 Å². The van der Waals surface area contributed by atoms with Crippen molar-refractivity contribution in [3.05, 3.63) is 86.4 Å². The summed E-state index contributed by atoms with van der Waals surface area (Å²) in [6, 6.07) is 10.9. The summed E-state index contributed by atoms with van der Waals surface area (Å²) in [5, 5.41) is 7.82. The molecule has 0 aromatic heterocycles. The molecule has 3 aromatic rings. The van der Waals surface area contributed by atoms with Gasteiger partial charge in [-0.1, -0.05) is 54.2 Å². The molecule has 216 valence electrons. The molecule has 0 spiro atoms. The second-order valence-electron chi connectivity index (χ2n) is 9.38. The molecule has 3 aromatic carbocycles. The van der Waals surface area contributed by atoms with Crippen LogP contribution in [0.1, 0.15) is 48.0 Å². The van der Waals surface area contributed by atoms with Gasteiger partial charge in [0.15, 0.2) is 5.82 Å². The number of alkyl halides is 2. The summed E-state index contributed by atoms with van der Waals surface area (Å²) in [7, 11) is 0. The van der Waals surface area contributed by atoms with Crippen LogP contribution < -0.4 is 16.0 Å². The van der Waals surface area contributed by atoms with Gasteiger partial charge in [-0.15, -0.1) is 23.2 Å². The van der Waals surface area contributed by atoms with Gasteiger partial charge in [-0.2, -0.15) is 0 Å². The van der Waals surface area contributed by atoms with Crippen molar-refractivity contribution in [2.75, 3.05) is 16.0 Å². The normalized spacial score (nSPS) is 17.1. The van der Waals surface area contributed by atoms with Crippen LogP contribution >= 0.6 is 58.0 Å². The first-order valence-electron chi connectivity index (χ1n) is 12.4. The number of anilines is 3. The lowest BCUT2D eigenvalue weighted by Crippen LogP contribution is -2.19. The highest BCUT2D eigenvalue weighted by molar-refractivity contribution is 6.53. The molecule has 6 nitrogen and oxygen atoms in total. The SMILES string of the molecule is CCCCC(=O)Nc1c(F)ccc(NC(=O)c2cc(NC(=O)C3[C@H](c4ccc(Cl)c(Cl)c4)C3(Cl)Cl)ccc2Cl)c1F. The smallest absolute Gasteiger partial charge is 0.257 e. The second-order valence-corrected chi connectivity index (χ2v) is 12.0. The maximum Gasteiger partial charge on any atom is 0.257 e. The van der Waals surface area contributed by atoms with Crippen molar-refractivity contribution in [2.45, 2.75) is 36.4 Å². The molecule has 1 saturated carbocycles. The molecular weight excluding hydrogens is 642 g/mol. The highest BCUT2D eigenvalue weighted by Gasteiger charge is 2.67. The van der Waals surface area contributed by atoms with E-state index in [0.29, 0.717) is 17.0 Å². The van der Waals surface area contributed by atoms with E-state index in [0.717, 1.165) is 18.6 Å². The lowest BCUT2D eigenvalue weighted by atomic mass is 10.1. The average molecular weight is 664 g/mol. The van der Waals surface area contributed by atoms with Crippen LogP contribution in [0.3, 0.4) is 0 Å². The van der Waals surface area contributed by atoms with Gasteiger partial charge in [0.1, 0.15) is 15.8 Å². The highest BCUT2D eigenvalue weighted by Crippen LogP contribution is 2.65. The van der Waals surface area contributed by atoms with Crippen molar-refractivity contribution in [3.63, 3.8) is 0 Å². The zero-order chi connectivity index (χ0) is 30.1. The van der Waals surface area contributed by atoms with Gasteiger partial charge in [0, 0.05) is 18.0 Å². The first-order chi connectivity index (χ1) is 19.3. The molecule has 0 heterocycles. The summed E-state index contributed by atoms with van der Waals surface area (Å²) in [6.45, 7) is 1.87. The molecule has 2 atom stereocenters. The fourth-order valence-electron chi connectivity index (χ4n) is 4.26. The Hall–Kier alpha value is -2.62. The van der Waals surface area contributed by atoms with Crippen LogP contribution in [0, 0.1) is 17.6 Å². The Bertz CT molecular complexity index is 1540. The Morgan fingerprint density at radius 3 is 2.27 bits per heavy atom. The molecule has 0 bridgehead atoms. The number of nitrogens with one attached hydrogen (secondary N) is 3. The molecule has 4 rings (SSSR count). The molecule has 3 N–H and O–H groups in total. The highest BCUT2D eigenvalue weighted by atomic mass is 35.5. The van der Waals surface area contributed by atoms with E-state index in [9.17, 15) is 18.8 Å². The predicted octanol–water partition coefficient (Wildman–Crippen LogP) is 8.83. The number of halogens is 7. The van der Waals surface area contributed by atoms with Gasteiger partial charge in [-0.25, -0.2) is 8.78 Å². The van der Waals surface area contributed by atoms with Gasteiger partial charge < -0.3 is 16.0 Å². The van der Waals surface area contributed by atoms with E-state index in [1.54, 1.807) is 18.2 Å². The monoisotopic (exact) mass is 661 g/mol. The predicted molar refractivity (Wildman–Crippen MR) is 160 cm³/mol. The number of amides is 3. The van der Waals surface area contributed by atoms with E-state index in [-0.39, 0.29) is 33.4 Å². The van der Waals surface area contributed by atoms with Crippen LogP contribution in [0.5, 0.6) is 0 Å². The van der Waals surface area contributed by atoms with Crippen LogP contribution in [-0.4, -0.2) is 22.1 Å². The summed E-state index contributed by atoms with van der Waals surface area (Å²) in [4.78, 5) is 38.1. The maximum atomic E-state index is 15.0. The van der Waals surface area contributed by atoms with Gasteiger partial charge in [0.2, 0.25) is 11.8 Å². The molecule has 1 aliphatic carbocycles. The molecule has 3 amide bonds. The van der Waals surface area contributed by atoms with Gasteiger partial charge in [-0.05, 0) is 54.4 Å². The van der Waals surface area contributed by atoms with Crippen molar-refractivity contribution in [2.24, 2.45) is 5.92 Å². The van der Waals surface area contributed by atoms with Crippen LogP contribution in [0.15, 0.2) is 48.5 Å². The molecule has 0 saturated heterocycles. The lowest BCUT2D eigenvalue weighted by molar-refractivity contribution is -0.117. The zero-order valence-electron chi connectivity index (χ0n) is 21.3. The topological polar surface area (TPSA) is 87.3 Å². The van der Waals surface area contributed by atoms with Crippen LogP contribution in [-0.2, 0) is 9.59 Å². The molecule has 0 radical (unpaired) electrons. The molecular formula is C28H22Cl5F2N3O3. The van der Waals surface area contributed by atoms with Gasteiger partial charge >= 0.3 is 0 Å². The van der Waals surface area contributed by atoms with Crippen molar-refractivity contribution in [1.82, 2.24) is 0 Å². The molecule has 1 aliphatic rings. The fourth-order valence-corrected chi connectivity index (χ4v) is 5.60. The number of carbonyl (C=O) groups is 3. The van der Waals surface area contributed by atoms with E-state index in [1.165, 1.54) is 18.2 Å². The first-order valence-corrected chi connectivity index (χ1v) is 14.3. The quantitative estimate of drug-likeness (QED) is 0.200. The van der Waals surface area contributed by atoms with E-state index in [1.807, 2.05) is 6.92 Å². The van der Waals surface area contributed by atoms with Crippen LogP contribution in [0.4, 0.5) is 25.8 Å². The third-order valence-corrected chi connectivity index (χ3v) is 8.49. The average Bonchev–Trinajstić information content (AvgIpc) is 3.51. The van der Waals surface area contributed by atoms with Gasteiger partial charge in [0.05, 0.1) is 32.2 Å². The number of unbranched alkanes of at least 4 members (excludes halogenated alkanes) is 1. The third-order valence-electron chi connectivity index (χ3n) is 6.48. The summed E-state index contributed by atoms with van der Waals surface area (Å²) in [5.74, 6) is -5.48. The van der Waals surface area contributed by atoms with E-state index in [4.69, 9.17) is 58.0 Å². The van der Waals surface area contributed by atoms with Crippen molar-refractivity contribution < 1.29 is 23.2 Å². The van der Waals surface area contributed by atoms with Crippen molar-refractivity contribution >= 4 is 92.8 Å². The van der Waals surface area contributed by atoms with E-state index in [2.05, 4.69) is 16.0 Å². The van der Waals surface area contributed by atoms with Crippen LogP contribution in [0.2, 0.25) is 15.1 Å². The molecule has 41 heavy (non-hydrogen) atoms. The number of hydrogen-bond acceptors (Lipinski definition) is 3. The summed E-state index contributed by atoms with van der Waals surface area (Å²) >= 11 is 31.1. The lowest BCUT2D eigenvalue weighted by Gasteiger charge is -2.13. The fraction of sp³-hybridized carbons (Fsp3) is 0.250. The Kier molecular flexibility index (Phi) is 9.71. The first kappa shape index (κ1) is 31.3. The van der Waals surface area contributed by atoms with E-state index < -0.39 is 51.2 Å². The van der Waals surface area contributed by atoms with Crippen molar-refractivity contribution in [3.8, 4) is 0 Å². The second kappa shape index (κ2) is 12.7. The molecule has 13 heteroatoms. The Morgan fingerprint density at radius 2 is 1.59 bits per heavy atom. The standard InChI is InChI=1S/C28H22Cl5F2N3O3/c1-2-3-4-21(39)38-25-19(34)9-10-20(24(25)35)37-26(40)15-12-14(6-8-16(15)29)36-27(41)23-22(28(23,32)33)13-5-7-17(30)18(31)11-13/h5-12,22-23H,2-4H2,1H3,(H,36,41)(H,37,40)(H,38,39)/t22-,23?/m0/s1. The maximum absolute atomic E-state index is 15.0. The Balaban J connectivity index is 1.49. The number of hydrogen-bond donors (Lipinski definition) is 3. The number of carbonyl (C=O) groups excluding carboxylic acids is 3. The van der Waals surface area contributed by atoms with Gasteiger partial charge in [0.25, 0.3) is 5.91 Å². The Labute approximate surface area is 259 Å². The van der Waals surface area contributed by atoms with E-state index >= 15 is 4.39 Å². The minimum atomic E-state index is -1.41. The summed E-state index contributed by atoms with van der Waals surface area (Å²) in [5.41, 5.74) is -0.353. The largest absolute Gasteiger partial charge is 0.326 e.